The van der Waals surface area contributed by atoms with Crippen LogP contribution in [0.4, 0.5) is 11.4 Å². The number of nitrogens with one attached hydrogen (secondary N) is 1. The SMILES string of the molecule is Cc1c(N)cccc1NC(=O)CN(C)C1CCCN(C)C1. The monoisotopic (exact) mass is 290 g/mol. The number of likely N-dealkylation sites (tertiary alicyclic amines) is 1. The number of hydrogen-bond donors (Lipinski definition) is 2. The minimum absolute atomic E-state index is 0.0134. The number of hydrogen-bond acceptors (Lipinski definition) is 4. The predicted octanol–water partition coefficient (Wildman–Crippen LogP) is 1.54. The van der Waals surface area contributed by atoms with Gasteiger partial charge in [-0.3, -0.25) is 9.69 Å². The normalized spacial score (nSPS) is 19.7. The lowest BCUT2D eigenvalue weighted by Gasteiger charge is -2.35. The number of anilines is 2. The third-order valence-electron chi connectivity index (χ3n) is 4.27. The zero-order chi connectivity index (χ0) is 15.4. The number of piperidine rings is 1. The Morgan fingerprint density at radius 2 is 2.29 bits per heavy atom. The van der Waals surface area contributed by atoms with Gasteiger partial charge in [-0.2, -0.15) is 0 Å². The van der Waals surface area contributed by atoms with Crippen molar-refractivity contribution in [3.8, 4) is 0 Å². The van der Waals surface area contributed by atoms with Crippen LogP contribution in [-0.2, 0) is 4.79 Å². The lowest BCUT2D eigenvalue weighted by molar-refractivity contribution is -0.117. The summed E-state index contributed by atoms with van der Waals surface area (Å²) < 4.78 is 0. The number of likely N-dealkylation sites (N-methyl/N-ethyl adjacent to an activating group) is 2. The number of nitrogens with two attached hydrogens (primary N) is 1. The molecule has 1 atom stereocenters. The number of rotatable bonds is 4. The quantitative estimate of drug-likeness (QED) is 0.826. The molecule has 0 saturated carbocycles. The average Bonchev–Trinajstić information content (AvgIpc) is 2.44. The van der Waals surface area contributed by atoms with Crippen LogP contribution in [0.15, 0.2) is 18.2 Å². The molecule has 3 N–H and O–H groups in total. The van der Waals surface area contributed by atoms with Crippen molar-refractivity contribution >= 4 is 17.3 Å². The Morgan fingerprint density at radius 3 is 3.00 bits per heavy atom. The molecule has 1 aromatic carbocycles. The van der Waals surface area contributed by atoms with Gasteiger partial charge in [0.25, 0.3) is 0 Å². The number of carbonyl (C=O) groups is 1. The first kappa shape index (κ1) is 15.8. The molecule has 5 nitrogen and oxygen atoms in total. The molecule has 0 aromatic heterocycles. The van der Waals surface area contributed by atoms with Crippen LogP contribution in [0, 0.1) is 6.92 Å². The summed E-state index contributed by atoms with van der Waals surface area (Å²) >= 11 is 0. The van der Waals surface area contributed by atoms with Crippen molar-refractivity contribution in [1.82, 2.24) is 9.80 Å². The first-order valence-corrected chi connectivity index (χ1v) is 7.51. The van der Waals surface area contributed by atoms with E-state index in [9.17, 15) is 4.79 Å². The number of nitrogen functional groups attached to an aromatic ring is 1. The molecule has 1 aliphatic rings. The summed E-state index contributed by atoms with van der Waals surface area (Å²) in [6.45, 7) is 4.51. The molecule has 1 aliphatic heterocycles. The summed E-state index contributed by atoms with van der Waals surface area (Å²) in [5.41, 5.74) is 8.29. The van der Waals surface area contributed by atoms with Gasteiger partial charge in [-0.05, 0) is 58.1 Å². The van der Waals surface area contributed by atoms with Crippen LogP contribution in [0.3, 0.4) is 0 Å². The van der Waals surface area contributed by atoms with Crippen LogP contribution in [0.2, 0.25) is 0 Å². The van der Waals surface area contributed by atoms with Crippen LogP contribution in [0.25, 0.3) is 0 Å². The summed E-state index contributed by atoms with van der Waals surface area (Å²) in [4.78, 5) is 16.7. The molecule has 0 aliphatic carbocycles. The van der Waals surface area contributed by atoms with E-state index in [2.05, 4.69) is 22.2 Å². The molecule has 1 aromatic rings. The van der Waals surface area contributed by atoms with Gasteiger partial charge in [-0.25, -0.2) is 0 Å². The van der Waals surface area contributed by atoms with Gasteiger partial charge >= 0.3 is 0 Å². The molecule has 0 bridgehead atoms. The van der Waals surface area contributed by atoms with Crippen LogP contribution in [-0.4, -0.2) is 55.5 Å². The number of nitrogens with zero attached hydrogens (tertiary/aromatic N) is 2. The lowest BCUT2D eigenvalue weighted by Crippen LogP contribution is -2.47. The standard InChI is InChI=1S/C16H26N4O/c1-12-14(17)7-4-8-15(12)18-16(21)11-20(3)13-6-5-9-19(2)10-13/h4,7-8,13H,5-6,9-11,17H2,1-3H3,(H,18,21). The van der Waals surface area contributed by atoms with E-state index >= 15 is 0 Å². The Morgan fingerprint density at radius 1 is 1.52 bits per heavy atom. The minimum atomic E-state index is 0.0134. The second-order valence-corrected chi connectivity index (χ2v) is 6.04. The second-order valence-electron chi connectivity index (χ2n) is 6.04. The van der Waals surface area contributed by atoms with Gasteiger partial charge in [0.2, 0.25) is 5.91 Å². The highest BCUT2D eigenvalue weighted by molar-refractivity contribution is 5.93. The van der Waals surface area contributed by atoms with Crippen molar-refractivity contribution in [2.24, 2.45) is 0 Å². The average molecular weight is 290 g/mol. The highest BCUT2D eigenvalue weighted by Crippen LogP contribution is 2.20. The molecule has 5 heteroatoms. The highest BCUT2D eigenvalue weighted by Gasteiger charge is 2.22. The summed E-state index contributed by atoms with van der Waals surface area (Å²) in [6, 6.07) is 6.04. The number of benzene rings is 1. The van der Waals surface area contributed by atoms with Gasteiger partial charge in [-0.15, -0.1) is 0 Å². The molecular formula is C16H26N4O. The van der Waals surface area contributed by atoms with Crippen LogP contribution in [0.1, 0.15) is 18.4 Å². The molecule has 0 spiro atoms. The Labute approximate surface area is 127 Å². The zero-order valence-electron chi connectivity index (χ0n) is 13.2. The van der Waals surface area contributed by atoms with E-state index in [1.807, 2.05) is 32.2 Å². The van der Waals surface area contributed by atoms with Crippen molar-refractivity contribution in [2.75, 3.05) is 44.8 Å². The second kappa shape index (κ2) is 6.91. The van der Waals surface area contributed by atoms with Crippen LogP contribution >= 0.6 is 0 Å². The Balaban J connectivity index is 1.90. The number of carbonyl (C=O) groups excluding carboxylic acids is 1. The third kappa shape index (κ3) is 4.19. The molecule has 116 valence electrons. The largest absolute Gasteiger partial charge is 0.398 e. The first-order valence-electron chi connectivity index (χ1n) is 7.51. The fourth-order valence-corrected chi connectivity index (χ4v) is 2.83. The molecular weight excluding hydrogens is 264 g/mol. The molecule has 1 unspecified atom stereocenters. The smallest absolute Gasteiger partial charge is 0.238 e. The maximum absolute atomic E-state index is 12.2. The Hall–Kier alpha value is -1.59. The van der Waals surface area contributed by atoms with Crippen LogP contribution in [0.5, 0.6) is 0 Å². The summed E-state index contributed by atoms with van der Waals surface area (Å²) in [7, 11) is 4.16. The Bertz CT molecular complexity index is 503. The number of amides is 1. The topological polar surface area (TPSA) is 61.6 Å². The van der Waals surface area contributed by atoms with Crippen LogP contribution < -0.4 is 11.1 Å². The zero-order valence-corrected chi connectivity index (χ0v) is 13.2. The molecule has 21 heavy (non-hydrogen) atoms. The van der Waals surface area contributed by atoms with E-state index in [4.69, 9.17) is 5.73 Å². The summed E-state index contributed by atoms with van der Waals surface area (Å²) in [6.07, 6.45) is 2.35. The van der Waals surface area contributed by atoms with Gasteiger partial charge < -0.3 is 16.0 Å². The molecule has 1 fully saturated rings. The predicted molar refractivity (Wildman–Crippen MR) is 87.4 cm³/mol. The molecule has 0 radical (unpaired) electrons. The van der Waals surface area contributed by atoms with Crippen molar-refractivity contribution in [2.45, 2.75) is 25.8 Å². The molecule has 1 saturated heterocycles. The summed E-state index contributed by atoms with van der Waals surface area (Å²) in [5, 5.41) is 2.96. The van der Waals surface area contributed by atoms with E-state index in [0.29, 0.717) is 18.3 Å². The summed E-state index contributed by atoms with van der Waals surface area (Å²) in [5.74, 6) is 0.0134. The molecule has 1 amide bonds. The minimum Gasteiger partial charge on any atom is -0.398 e. The Kier molecular flexibility index (Phi) is 5.20. The van der Waals surface area contributed by atoms with Gasteiger partial charge in [-0.1, -0.05) is 6.07 Å². The molecule has 2 rings (SSSR count). The highest BCUT2D eigenvalue weighted by atomic mass is 16.2. The van der Waals surface area contributed by atoms with Crippen molar-refractivity contribution in [3.63, 3.8) is 0 Å². The van der Waals surface area contributed by atoms with Gasteiger partial charge in [0.1, 0.15) is 0 Å². The fraction of sp³-hybridized carbons (Fsp3) is 0.562. The van der Waals surface area contributed by atoms with Crippen molar-refractivity contribution in [1.29, 1.82) is 0 Å². The maximum Gasteiger partial charge on any atom is 0.238 e. The van der Waals surface area contributed by atoms with Gasteiger partial charge in [0.15, 0.2) is 0 Å². The fourth-order valence-electron chi connectivity index (χ4n) is 2.83. The van der Waals surface area contributed by atoms with Gasteiger partial charge in [0.05, 0.1) is 6.54 Å². The third-order valence-corrected chi connectivity index (χ3v) is 4.27. The van der Waals surface area contributed by atoms with E-state index < -0.39 is 0 Å². The van der Waals surface area contributed by atoms with Crippen molar-refractivity contribution < 1.29 is 4.79 Å². The molecule has 1 heterocycles. The van der Waals surface area contributed by atoms with E-state index in [-0.39, 0.29) is 5.91 Å². The van der Waals surface area contributed by atoms with E-state index in [0.717, 1.165) is 30.8 Å². The van der Waals surface area contributed by atoms with E-state index in [1.54, 1.807) is 0 Å². The van der Waals surface area contributed by atoms with Crippen molar-refractivity contribution in [3.05, 3.63) is 23.8 Å². The van der Waals surface area contributed by atoms with E-state index in [1.165, 1.54) is 6.42 Å². The maximum atomic E-state index is 12.2. The van der Waals surface area contributed by atoms with Gasteiger partial charge in [0, 0.05) is 24.0 Å². The lowest BCUT2D eigenvalue weighted by atomic mass is 10.1. The first-order chi connectivity index (χ1) is 9.97.